The summed E-state index contributed by atoms with van der Waals surface area (Å²) in [4.78, 5) is 259. The molecule has 0 bridgehead atoms. The van der Waals surface area contributed by atoms with Crippen LogP contribution in [0.2, 0.25) is 0 Å². The molecule has 9 rings (SSSR count). The van der Waals surface area contributed by atoms with E-state index in [-0.39, 0.29) is 37.9 Å². The monoisotopic (exact) mass is 1610 g/mol. The number of aliphatic carboxylic acids is 1. The average molecular weight is 1610 g/mol. The molecule has 0 saturated carbocycles. The number of nitrogens with two attached hydrogens (primary N) is 3. The molecule has 618 valence electrons. The zero-order valence-corrected chi connectivity index (χ0v) is 63.8. The van der Waals surface area contributed by atoms with E-state index < -0.39 is 236 Å². The Morgan fingerprint density at radius 2 is 1.05 bits per heavy atom. The number of para-hydroxylation sites is 3. The minimum Gasteiger partial charge on any atom is -0.481 e. The van der Waals surface area contributed by atoms with Gasteiger partial charge in [0.25, 0.3) is 0 Å². The number of likely N-dealkylation sites (tertiary alicyclic amines) is 1. The van der Waals surface area contributed by atoms with E-state index >= 15 is 19.2 Å². The second kappa shape index (κ2) is 39.8. The lowest BCUT2D eigenvalue weighted by molar-refractivity contribution is -0.142. The van der Waals surface area contributed by atoms with Crippen molar-refractivity contribution in [3.8, 4) is 0 Å². The third-order valence-corrected chi connectivity index (χ3v) is 20.1. The van der Waals surface area contributed by atoms with Gasteiger partial charge in [-0.3, -0.25) is 81.5 Å². The third-order valence-electron chi connectivity index (χ3n) is 20.1. The first-order valence-electron chi connectivity index (χ1n) is 37.5. The standard InChI is InChI=1S/C76H95N21O19/c1-5-36(2)63(95-75(115)64(37(3)98)96-72(112)50(86-38(4)99)23-39-30-81-46-16-9-6-13-43(39)46)74(114)87-49-20-21-61(102)84-34-57(73(113)93-56(76(116)97-22-12-19-58(97)65(79)105)25-41-32-83-48-18-11-8-15-45(41)48)94-71(111)55(29-62(103)104)92-68(108)52(26-42-33-80-35-85-42)89-67(107)51(24-40-31-82-47-17-10-7-14-44(40)47)88-69(109)54(28-60(78)101)91-70(110)53(27-59(77)100)90-66(49)106/h6-11,13-18,30-33,35-37,49-58,63-64,81-83,98H,5,12,19-29,34H2,1-4H3,(H2,77,100)(H2,78,101)(H2,79,105)(H,80,85)(H,84,102)(H,86,99)(H,87,114)(H,88,109)(H,89,107)(H,90,106)(H,91,110)(H,92,108)(H,93,113)(H,94,111)(H,95,115)(H,96,112)(H,103,104)/t36-,37+,49-,50-,51-,52-,53-,54-,55-,56-,57-,58-,63-,64-/m0/s1. The molecule has 40 heteroatoms. The average Bonchev–Trinajstić information content (AvgIpc) is 1.65. The van der Waals surface area contributed by atoms with Crippen LogP contribution in [0.3, 0.4) is 0 Å². The number of aliphatic hydroxyl groups is 1. The Labute approximate surface area is 661 Å². The summed E-state index contributed by atoms with van der Waals surface area (Å²) in [6.45, 7) is 4.47. The van der Waals surface area contributed by atoms with Crippen molar-refractivity contribution in [2.75, 3.05) is 13.1 Å². The number of nitrogens with zero attached hydrogens (tertiary/aromatic N) is 2. The molecule has 3 aromatic carbocycles. The molecule has 0 aliphatic carbocycles. The normalized spacial score (nSPS) is 21.2. The van der Waals surface area contributed by atoms with Crippen molar-refractivity contribution in [2.24, 2.45) is 23.1 Å². The number of aromatic amines is 4. The molecule has 7 aromatic rings. The Morgan fingerprint density at radius 3 is 1.57 bits per heavy atom. The SMILES string of the molecule is CC[C@H](C)[C@H](NC(=O)[C@@H](NC(=O)[C@H](Cc1c[nH]c2ccccc12)NC(C)=O)[C@@H](C)O)C(=O)N[C@H]1CCC(=O)NC[C@@H](C(=O)N[C@@H](Cc2c[nH]c3ccccc23)C(=O)N2CCC[C@H]2C(N)=O)NC(=O)[C@H](CC(=O)O)NC(=O)[C@H](Cc2c[nH]cn2)NC(=O)[C@H](Cc2c[nH]c3ccccc23)NC(=O)[C@H](CC(N)=O)NC(=O)[C@H](CC(N)=O)NC1=O. The molecule has 2 fully saturated rings. The summed E-state index contributed by atoms with van der Waals surface area (Å²) in [5.41, 5.74) is 20.5. The fraction of sp³-hybridized carbons (Fsp3) is 0.421. The van der Waals surface area contributed by atoms with Crippen molar-refractivity contribution in [1.29, 1.82) is 0 Å². The van der Waals surface area contributed by atoms with Crippen LogP contribution in [0.1, 0.15) is 101 Å². The van der Waals surface area contributed by atoms with Crippen molar-refractivity contribution in [1.82, 2.24) is 93.6 Å². The van der Waals surface area contributed by atoms with E-state index in [0.717, 1.165) is 13.8 Å². The molecular formula is C76H95N21O19. The first-order chi connectivity index (χ1) is 55.2. The Bertz CT molecular complexity index is 4840. The first kappa shape index (κ1) is 86.4. The van der Waals surface area contributed by atoms with E-state index in [2.05, 4.69) is 88.7 Å². The van der Waals surface area contributed by atoms with E-state index in [1.807, 2.05) is 0 Å². The molecule has 2 aliphatic rings. The number of aromatic nitrogens is 5. The molecule has 0 radical (unpaired) electrons. The Morgan fingerprint density at radius 1 is 0.560 bits per heavy atom. The molecular weight excluding hydrogens is 1510 g/mol. The second-order valence-electron chi connectivity index (χ2n) is 28.7. The molecule has 24 N–H and O–H groups in total. The largest absolute Gasteiger partial charge is 0.481 e. The van der Waals surface area contributed by atoms with Gasteiger partial charge >= 0.3 is 5.97 Å². The highest BCUT2D eigenvalue weighted by atomic mass is 16.4. The van der Waals surface area contributed by atoms with Gasteiger partial charge in [0, 0.05) is 110 Å². The number of carboxylic acids is 1. The Kier molecular flexibility index (Phi) is 29.6. The number of amides is 16. The highest BCUT2D eigenvalue weighted by Crippen LogP contribution is 2.25. The Balaban J connectivity index is 1.09. The number of fused-ring (bicyclic) bond motifs is 3. The molecule has 0 unspecified atom stereocenters. The number of rotatable bonds is 28. The minimum atomic E-state index is -2.18. The second-order valence-corrected chi connectivity index (χ2v) is 28.7. The van der Waals surface area contributed by atoms with Gasteiger partial charge in [0.05, 0.1) is 37.4 Å². The van der Waals surface area contributed by atoms with Gasteiger partial charge in [-0.05, 0) is 67.0 Å². The van der Waals surface area contributed by atoms with Gasteiger partial charge in [0.2, 0.25) is 94.5 Å². The number of carbonyl (C=O) groups is 17. The van der Waals surface area contributed by atoms with Crippen LogP contribution < -0.4 is 81.0 Å². The van der Waals surface area contributed by atoms with Crippen LogP contribution in [0, 0.1) is 5.92 Å². The van der Waals surface area contributed by atoms with Gasteiger partial charge < -0.3 is 116 Å². The molecule has 40 nitrogen and oxygen atoms in total. The fourth-order valence-corrected chi connectivity index (χ4v) is 13.8. The van der Waals surface area contributed by atoms with E-state index in [0.29, 0.717) is 55.8 Å². The predicted molar refractivity (Wildman–Crippen MR) is 412 cm³/mol. The lowest BCUT2D eigenvalue weighted by Gasteiger charge is -2.30. The van der Waals surface area contributed by atoms with Gasteiger partial charge in [-0.2, -0.15) is 0 Å². The molecule has 16 amide bonds. The highest BCUT2D eigenvalue weighted by Gasteiger charge is 2.42. The molecule has 116 heavy (non-hydrogen) atoms. The topological polar surface area (TPSA) is 632 Å². The zero-order chi connectivity index (χ0) is 84.2. The quantitative estimate of drug-likeness (QED) is 0.0220. The number of carbonyl (C=O) groups excluding carboxylic acids is 16. The number of primary amides is 3. The molecule has 2 saturated heterocycles. The van der Waals surface area contributed by atoms with Crippen LogP contribution in [0.5, 0.6) is 0 Å². The predicted octanol–water partition coefficient (Wildman–Crippen LogP) is -4.48. The maximum atomic E-state index is 15.2. The summed E-state index contributed by atoms with van der Waals surface area (Å²) in [6, 6.07) is -0.974. The van der Waals surface area contributed by atoms with Crippen molar-refractivity contribution in [3.05, 3.63) is 126 Å². The highest BCUT2D eigenvalue weighted by molar-refractivity contribution is 6.03. The van der Waals surface area contributed by atoms with Gasteiger partial charge in [0.15, 0.2) is 0 Å². The number of carboxylic acid groups (broad SMARTS) is 1. The van der Waals surface area contributed by atoms with E-state index in [1.54, 1.807) is 92.1 Å². The molecule has 4 aromatic heterocycles. The summed E-state index contributed by atoms with van der Waals surface area (Å²) in [5.74, 6) is -20.9. The van der Waals surface area contributed by atoms with E-state index in [9.17, 15) is 72.5 Å². The van der Waals surface area contributed by atoms with Gasteiger partial charge in [-0.1, -0.05) is 74.9 Å². The number of H-pyrrole nitrogens is 4. The number of aliphatic hydroxyl groups excluding tert-OH is 1. The zero-order valence-electron chi connectivity index (χ0n) is 63.8. The summed E-state index contributed by atoms with van der Waals surface area (Å²) in [6.07, 6.45) is -0.221. The smallest absolute Gasteiger partial charge is 0.305 e. The van der Waals surface area contributed by atoms with Crippen LogP contribution in [0.4, 0.5) is 0 Å². The first-order valence-corrected chi connectivity index (χ1v) is 37.5. The summed E-state index contributed by atoms with van der Waals surface area (Å²) in [7, 11) is 0. The van der Waals surface area contributed by atoms with Crippen molar-refractivity contribution < 1.29 is 91.7 Å². The molecule has 2 aliphatic heterocycles. The molecule has 14 atom stereocenters. The summed E-state index contributed by atoms with van der Waals surface area (Å²) < 4.78 is 0. The lowest BCUT2D eigenvalue weighted by atomic mass is 9.96. The van der Waals surface area contributed by atoms with Gasteiger partial charge in [0.1, 0.15) is 72.5 Å². The summed E-state index contributed by atoms with van der Waals surface area (Å²) >= 11 is 0. The van der Waals surface area contributed by atoms with Gasteiger partial charge in [-0.25, -0.2) is 4.98 Å². The van der Waals surface area contributed by atoms with Crippen molar-refractivity contribution in [3.63, 3.8) is 0 Å². The maximum absolute atomic E-state index is 15.2. The lowest BCUT2D eigenvalue weighted by Crippen LogP contribution is -2.63. The number of hydrogen-bond acceptors (Lipinski definition) is 19. The van der Waals surface area contributed by atoms with Crippen molar-refractivity contribution >= 4 is 133 Å². The number of imidazole rings is 1. The molecule has 0 spiro atoms. The van der Waals surface area contributed by atoms with Crippen LogP contribution in [-0.2, 0) is 107 Å². The summed E-state index contributed by atoms with van der Waals surface area (Å²) in [5, 5.41) is 52.7. The third kappa shape index (κ3) is 23.1. The van der Waals surface area contributed by atoms with Crippen LogP contribution in [-0.4, -0.2) is 232 Å². The van der Waals surface area contributed by atoms with Crippen molar-refractivity contribution in [2.45, 2.75) is 183 Å². The number of benzene rings is 3. The Hall–Kier alpha value is -13.6. The fourth-order valence-electron chi connectivity index (χ4n) is 13.8. The molecule has 6 heterocycles. The maximum Gasteiger partial charge on any atom is 0.305 e. The van der Waals surface area contributed by atoms with Crippen LogP contribution >= 0.6 is 0 Å². The number of nitrogens with one attached hydrogen (secondary N) is 16. The minimum absolute atomic E-state index is 0.0168. The van der Waals surface area contributed by atoms with Gasteiger partial charge in [-0.15, -0.1) is 0 Å². The van der Waals surface area contributed by atoms with E-state index in [4.69, 9.17) is 17.2 Å². The van der Waals surface area contributed by atoms with Crippen LogP contribution in [0.25, 0.3) is 32.7 Å². The van der Waals surface area contributed by atoms with Crippen LogP contribution in [0.15, 0.2) is 104 Å². The number of hydrogen-bond donors (Lipinski definition) is 21. The van der Waals surface area contributed by atoms with E-state index in [1.165, 1.54) is 30.5 Å².